The van der Waals surface area contributed by atoms with Crippen LogP contribution in [-0.2, 0) is 11.3 Å². The van der Waals surface area contributed by atoms with Gasteiger partial charge >= 0.3 is 0 Å². The monoisotopic (exact) mass is 260 g/mol. The molecule has 1 aliphatic heterocycles. The first-order valence-corrected chi connectivity index (χ1v) is 6.98. The van der Waals surface area contributed by atoms with Gasteiger partial charge in [0.15, 0.2) is 0 Å². The van der Waals surface area contributed by atoms with E-state index in [4.69, 9.17) is 0 Å². The van der Waals surface area contributed by atoms with Crippen molar-refractivity contribution in [1.29, 1.82) is 0 Å². The molecule has 1 saturated carbocycles. The fourth-order valence-corrected chi connectivity index (χ4v) is 2.97. The molecule has 19 heavy (non-hydrogen) atoms. The molecule has 1 aromatic rings. The van der Waals surface area contributed by atoms with Crippen LogP contribution in [0.2, 0.25) is 0 Å². The van der Waals surface area contributed by atoms with Crippen molar-refractivity contribution in [2.75, 3.05) is 13.1 Å². The molecule has 4 heteroatoms. The lowest BCUT2D eigenvalue weighted by molar-refractivity contribution is -0.123. The number of aliphatic hydroxyl groups is 1. The van der Waals surface area contributed by atoms with E-state index >= 15 is 0 Å². The molecule has 0 saturated heterocycles. The highest BCUT2D eigenvalue weighted by Crippen LogP contribution is 2.27. The van der Waals surface area contributed by atoms with Crippen LogP contribution in [0.25, 0.3) is 0 Å². The Morgan fingerprint density at radius 3 is 2.95 bits per heavy atom. The van der Waals surface area contributed by atoms with Crippen molar-refractivity contribution in [3.05, 3.63) is 35.4 Å². The second-order valence-electron chi connectivity index (χ2n) is 5.62. The molecule has 1 aromatic carbocycles. The molecule has 0 bridgehead atoms. The molecule has 1 heterocycles. The molecule has 102 valence electrons. The molecule has 1 amide bonds. The van der Waals surface area contributed by atoms with E-state index < -0.39 is 0 Å². The van der Waals surface area contributed by atoms with Crippen LogP contribution in [0.4, 0.5) is 0 Å². The molecule has 1 aliphatic carbocycles. The number of benzene rings is 1. The van der Waals surface area contributed by atoms with Gasteiger partial charge in [0.1, 0.15) is 0 Å². The van der Waals surface area contributed by atoms with Crippen molar-refractivity contribution >= 4 is 5.91 Å². The number of carbonyl (C=O) groups is 1. The maximum Gasteiger partial charge on any atom is 0.228 e. The molecule has 0 aromatic heterocycles. The fraction of sp³-hybridized carbons (Fsp3) is 0.533. The Hall–Kier alpha value is -1.39. The van der Waals surface area contributed by atoms with Gasteiger partial charge in [-0.05, 0) is 29.9 Å². The first-order valence-electron chi connectivity index (χ1n) is 6.98. The minimum absolute atomic E-state index is 0.0880. The van der Waals surface area contributed by atoms with E-state index in [1.165, 1.54) is 5.56 Å². The highest BCUT2D eigenvalue weighted by molar-refractivity contribution is 5.84. The summed E-state index contributed by atoms with van der Waals surface area (Å²) in [6.07, 6.45) is 1.48. The van der Waals surface area contributed by atoms with Crippen LogP contribution in [0.5, 0.6) is 0 Å². The minimum atomic E-state index is -0.154. The quantitative estimate of drug-likeness (QED) is 0.752. The Morgan fingerprint density at radius 1 is 1.37 bits per heavy atom. The minimum Gasteiger partial charge on any atom is -0.393 e. The first kappa shape index (κ1) is 12.6. The third kappa shape index (κ3) is 2.65. The number of fused-ring (bicyclic) bond motifs is 1. The Labute approximate surface area is 113 Å². The smallest absolute Gasteiger partial charge is 0.228 e. The van der Waals surface area contributed by atoms with Crippen molar-refractivity contribution < 1.29 is 9.90 Å². The third-order valence-corrected chi connectivity index (χ3v) is 4.19. The van der Waals surface area contributed by atoms with Gasteiger partial charge in [-0.1, -0.05) is 24.3 Å². The van der Waals surface area contributed by atoms with Crippen LogP contribution in [0.3, 0.4) is 0 Å². The Balaban J connectivity index is 1.61. The largest absolute Gasteiger partial charge is 0.393 e. The van der Waals surface area contributed by atoms with Crippen molar-refractivity contribution in [2.24, 2.45) is 5.92 Å². The molecule has 3 N–H and O–H groups in total. The maximum atomic E-state index is 12.3. The summed E-state index contributed by atoms with van der Waals surface area (Å²) in [4.78, 5) is 12.3. The van der Waals surface area contributed by atoms with Crippen molar-refractivity contribution in [2.45, 2.75) is 31.4 Å². The average molecular weight is 260 g/mol. The van der Waals surface area contributed by atoms with Crippen LogP contribution < -0.4 is 10.6 Å². The summed E-state index contributed by atoms with van der Waals surface area (Å²) in [5.41, 5.74) is 2.36. The SMILES string of the molecule is O=C(NCC1CC(O)C1)C1CNCc2ccccc21. The topological polar surface area (TPSA) is 61.4 Å². The van der Waals surface area contributed by atoms with Gasteiger partial charge in [0.25, 0.3) is 0 Å². The highest BCUT2D eigenvalue weighted by atomic mass is 16.3. The Bertz CT molecular complexity index is 469. The molecule has 4 nitrogen and oxygen atoms in total. The van der Waals surface area contributed by atoms with Crippen LogP contribution in [-0.4, -0.2) is 30.2 Å². The number of aliphatic hydroxyl groups excluding tert-OH is 1. The standard InChI is InChI=1S/C15H20N2O2/c18-12-5-10(6-12)7-17-15(19)14-9-16-8-11-3-1-2-4-13(11)14/h1-4,10,12,14,16,18H,5-9H2,(H,17,19). The Morgan fingerprint density at radius 2 is 2.16 bits per heavy atom. The second-order valence-corrected chi connectivity index (χ2v) is 5.62. The van der Waals surface area contributed by atoms with E-state index in [0.717, 1.165) is 24.9 Å². The van der Waals surface area contributed by atoms with Gasteiger partial charge < -0.3 is 15.7 Å². The molecule has 2 aliphatic rings. The van der Waals surface area contributed by atoms with Gasteiger partial charge in [-0.3, -0.25) is 4.79 Å². The van der Waals surface area contributed by atoms with E-state index in [-0.39, 0.29) is 17.9 Å². The number of hydrogen-bond donors (Lipinski definition) is 3. The Kier molecular flexibility index (Phi) is 3.53. The van der Waals surface area contributed by atoms with Crippen LogP contribution >= 0.6 is 0 Å². The number of carbonyl (C=O) groups excluding carboxylic acids is 1. The summed E-state index contributed by atoms with van der Waals surface area (Å²) in [6.45, 7) is 2.24. The summed E-state index contributed by atoms with van der Waals surface area (Å²) in [5.74, 6) is 0.460. The molecule has 0 spiro atoms. The highest BCUT2D eigenvalue weighted by Gasteiger charge is 2.30. The van der Waals surface area contributed by atoms with E-state index in [0.29, 0.717) is 19.0 Å². The van der Waals surface area contributed by atoms with Gasteiger partial charge in [-0.15, -0.1) is 0 Å². The number of rotatable bonds is 3. The summed E-state index contributed by atoms with van der Waals surface area (Å²) >= 11 is 0. The van der Waals surface area contributed by atoms with E-state index in [9.17, 15) is 9.90 Å². The van der Waals surface area contributed by atoms with Gasteiger partial charge in [-0.2, -0.15) is 0 Å². The number of nitrogens with one attached hydrogen (secondary N) is 2. The number of hydrogen-bond acceptors (Lipinski definition) is 3. The average Bonchev–Trinajstić information content (AvgIpc) is 2.41. The molecule has 3 rings (SSSR count). The summed E-state index contributed by atoms with van der Waals surface area (Å²) in [6, 6.07) is 8.13. The van der Waals surface area contributed by atoms with Crippen molar-refractivity contribution in [3.63, 3.8) is 0 Å². The van der Waals surface area contributed by atoms with E-state index in [1.54, 1.807) is 0 Å². The predicted molar refractivity (Wildman–Crippen MR) is 72.6 cm³/mol. The molecule has 1 unspecified atom stereocenters. The third-order valence-electron chi connectivity index (χ3n) is 4.19. The van der Waals surface area contributed by atoms with Crippen molar-refractivity contribution in [1.82, 2.24) is 10.6 Å². The number of amides is 1. The molecular formula is C15H20N2O2. The molecule has 0 radical (unpaired) electrons. The van der Waals surface area contributed by atoms with Gasteiger partial charge in [0.2, 0.25) is 5.91 Å². The lowest BCUT2D eigenvalue weighted by Crippen LogP contribution is -2.43. The van der Waals surface area contributed by atoms with E-state index in [1.807, 2.05) is 18.2 Å². The van der Waals surface area contributed by atoms with Crippen molar-refractivity contribution in [3.8, 4) is 0 Å². The van der Waals surface area contributed by atoms with Gasteiger partial charge in [-0.25, -0.2) is 0 Å². The van der Waals surface area contributed by atoms with Crippen LogP contribution in [0, 0.1) is 5.92 Å². The maximum absolute atomic E-state index is 12.3. The fourth-order valence-electron chi connectivity index (χ4n) is 2.97. The van der Waals surface area contributed by atoms with Crippen LogP contribution in [0.15, 0.2) is 24.3 Å². The van der Waals surface area contributed by atoms with Gasteiger partial charge in [0.05, 0.1) is 12.0 Å². The van der Waals surface area contributed by atoms with E-state index in [2.05, 4.69) is 16.7 Å². The first-order chi connectivity index (χ1) is 9.24. The predicted octanol–water partition coefficient (Wildman–Crippen LogP) is 0.760. The molecule has 1 atom stereocenters. The molecule has 1 fully saturated rings. The normalized spacial score (nSPS) is 29.2. The molecular weight excluding hydrogens is 240 g/mol. The summed E-state index contributed by atoms with van der Waals surface area (Å²) in [5, 5.41) is 15.6. The lowest BCUT2D eigenvalue weighted by atomic mass is 9.82. The zero-order valence-corrected chi connectivity index (χ0v) is 10.9. The zero-order valence-electron chi connectivity index (χ0n) is 10.9. The zero-order chi connectivity index (χ0) is 13.2. The second kappa shape index (κ2) is 5.31. The lowest BCUT2D eigenvalue weighted by Gasteiger charge is -2.32. The summed E-state index contributed by atoms with van der Waals surface area (Å²) < 4.78 is 0. The summed E-state index contributed by atoms with van der Waals surface area (Å²) in [7, 11) is 0. The van der Waals surface area contributed by atoms with Crippen LogP contribution in [0.1, 0.15) is 29.9 Å². The van der Waals surface area contributed by atoms with Gasteiger partial charge in [0, 0.05) is 19.6 Å².